The molecule has 0 saturated heterocycles. The van der Waals surface area contributed by atoms with Gasteiger partial charge < -0.3 is 9.16 Å². The van der Waals surface area contributed by atoms with Gasteiger partial charge in [-0.25, -0.2) is 0 Å². The average molecular weight is 445 g/mol. The van der Waals surface area contributed by atoms with Crippen LogP contribution in [0.3, 0.4) is 0 Å². The summed E-state index contributed by atoms with van der Waals surface area (Å²) in [5.41, 5.74) is 2.59. The molecule has 1 saturated carbocycles. The first-order valence-corrected chi connectivity index (χ1v) is 14.5. The maximum Gasteiger partial charge on any atom is 0.311 e. The summed E-state index contributed by atoms with van der Waals surface area (Å²) in [4.78, 5) is 25.4. The number of aryl methyl sites for hydroxylation is 1. The Bertz CT molecular complexity index is 897. The molecule has 0 radical (unpaired) electrons. The van der Waals surface area contributed by atoms with E-state index >= 15 is 0 Å². The van der Waals surface area contributed by atoms with E-state index in [-0.39, 0.29) is 28.1 Å². The monoisotopic (exact) mass is 444 g/mol. The number of carbonyl (C=O) groups is 2. The third kappa shape index (κ3) is 3.88. The van der Waals surface area contributed by atoms with Crippen LogP contribution in [-0.2, 0) is 21.4 Å². The van der Waals surface area contributed by atoms with Gasteiger partial charge >= 0.3 is 5.97 Å². The van der Waals surface area contributed by atoms with Gasteiger partial charge in [-0.2, -0.15) is 0 Å². The lowest BCUT2D eigenvalue weighted by atomic mass is 9.49. The fourth-order valence-corrected chi connectivity index (χ4v) is 6.79. The van der Waals surface area contributed by atoms with E-state index in [0.717, 1.165) is 37.9 Å². The summed E-state index contributed by atoms with van der Waals surface area (Å²) in [6.07, 6.45) is 4.72. The van der Waals surface area contributed by atoms with Gasteiger partial charge in [-0.15, -0.1) is 0 Å². The molecule has 0 aliphatic heterocycles. The van der Waals surface area contributed by atoms with Gasteiger partial charge in [0.05, 0.1) is 18.1 Å². The zero-order valence-electron chi connectivity index (χ0n) is 20.9. The normalized spacial score (nSPS) is 28.4. The van der Waals surface area contributed by atoms with Crippen LogP contribution in [0.15, 0.2) is 12.1 Å². The minimum Gasteiger partial charge on any atom is -0.543 e. The van der Waals surface area contributed by atoms with Gasteiger partial charge in [0, 0.05) is 0 Å². The first kappa shape index (κ1) is 24.0. The lowest BCUT2D eigenvalue weighted by Gasteiger charge is -2.54. The van der Waals surface area contributed by atoms with Gasteiger partial charge in [0.1, 0.15) is 5.75 Å². The topological polar surface area (TPSA) is 52.6 Å². The van der Waals surface area contributed by atoms with Crippen molar-refractivity contribution in [2.75, 3.05) is 7.11 Å². The number of Topliss-reactive ketones (excluding diaryl/α,β-unsaturated/α-hetero) is 1. The number of esters is 1. The molecule has 31 heavy (non-hydrogen) atoms. The van der Waals surface area contributed by atoms with Crippen molar-refractivity contribution in [1.29, 1.82) is 0 Å². The fraction of sp³-hybridized carbons (Fsp3) is 0.692. The van der Waals surface area contributed by atoms with Crippen LogP contribution in [0, 0.1) is 11.3 Å². The number of methoxy groups -OCH3 is 1. The van der Waals surface area contributed by atoms with Crippen LogP contribution in [0.5, 0.6) is 5.75 Å². The van der Waals surface area contributed by atoms with Gasteiger partial charge in [-0.05, 0) is 92.3 Å². The number of carbonyl (C=O) groups excluding carboxylic acids is 2. The summed E-state index contributed by atoms with van der Waals surface area (Å²) in [7, 11) is -0.614. The molecular formula is C26H40O4Si. The van der Waals surface area contributed by atoms with E-state index in [1.807, 2.05) is 0 Å². The number of hydrogen-bond donors (Lipinski definition) is 0. The Morgan fingerprint density at radius 3 is 2.32 bits per heavy atom. The SMILES string of the molecule is COC(=O)[C@@]1(C)CCC[C@]2(C)c3cc(O[Si](C)(C)C(C)(C)C)c(C(C)=O)cc3CC[C@@H]12. The van der Waals surface area contributed by atoms with Gasteiger partial charge in [0.25, 0.3) is 8.32 Å². The minimum atomic E-state index is -2.11. The second-order valence-corrected chi connectivity index (χ2v) is 16.4. The average Bonchev–Trinajstić information content (AvgIpc) is 2.65. The molecule has 3 rings (SSSR count). The molecule has 0 unspecified atom stereocenters. The Morgan fingerprint density at radius 1 is 1.13 bits per heavy atom. The number of fused-ring (bicyclic) bond motifs is 3. The Labute approximate surface area is 189 Å². The summed E-state index contributed by atoms with van der Waals surface area (Å²) in [5.74, 6) is 0.902. The molecule has 0 amide bonds. The van der Waals surface area contributed by atoms with Crippen LogP contribution in [0.25, 0.3) is 0 Å². The lowest BCUT2D eigenvalue weighted by molar-refractivity contribution is -0.161. The Morgan fingerprint density at radius 2 is 1.77 bits per heavy atom. The van der Waals surface area contributed by atoms with Crippen LogP contribution in [-0.4, -0.2) is 27.2 Å². The van der Waals surface area contributed by atoms with E-state index in [1.165, 1.54) is 18.2 Å². The van der Waals surface area contributed by atoms with Gasteiger partial charge in [0.2, 0.25) is 0 Å². The maximum absolute atomic E-state index is 12.8. The maximum atomic E-state index is 12.8. The number of hydrogen-bond acceptors (Lipinski definition) is 4. The van der Waals surface area contributed by atoms with Crippen molar-refractivity contribution >= 4 is 20.1 Å². The van der Waals surface area contributed by atoms with Crippen LogP contribution < -0.4 is 4.43 Å². The van der Waals surface area contributed by atoms with Crippen molar-refractivity contribution in [3.63, 3.8) is 0 Å². The molecule has 0 bridgehead atoms. The van der Waals surface area contributed by atoms with E-state index in [4.69, 9.17) is 9.16 Å². The molecule has 0 N–H and O–H groups in total. The zero-order valence-corrected chi connectivity index (χ0v) is 21.9. The zero-order chi connectivity index (χ0) is 23.4. The predicted molar refractivity (Wildman–Crippen MR) is 127 cm³/mol. The third-order valence-electron chi connectivity index (χ3n) is 8.66. The predicted octanol–water partition coefficient (Wildman–Crippen LogP) is 6.46. The van der Waals surface area contributed by atoms with Crippen molar-refractivity contribution in [2.45, 2.75) is 97.2 Å². The third-order valence-corrected chi connectivity index (χ3v) is 13.0. The number of ether oxygens (including phenoxy) is 1. The minimum absolute atomic E-state index is 0.0394. The summed E-state index contributed by atoms with van der Waals surface area (Å²) < 4.78 is 11.9. The van der Waals surface area contributed by atoms with Gasteiger partial charge in [-0.3, -0.25) is 9.59 Å². The fourth-order valence-electron chi connectivity index (χ4n) is 5.76. The van der Waals surface area contributed by atoms with E-state index in [1.54, 1.807) is 6.92 Å². The second kappa shape index (κ2) is 7.75. The van der Waals surface area contributed by atoms with Gasteiger partial charge in [0.15, 0.2) is 5.78 Å². The molecule has 4 nitrogen and oxygen atoms in total. The number of ketones is 1. The first-order chi connectivity index (χ1) is 14.2. The summed E-state index contributed by atoms with van der Waals surface area (Å²) in [5, 5.41) is 0.0394. The molecule has 2 aliphatic carbocycles. The Hall–Kier alpha value is -1.62. The van der Waals surface area contributed by atoms with Crippen molar-refractivity contribution in [2.24, 2.45) is 11.3 Å². The van der Waals surface area contributed by atoms with E-state index in [9.17, 15) is 9.59 Å². The van der Waals surface area contributed by atoms with Crippen molar-refractivity contribution in [3.05, 3.63) is 28.8 Å². The highest BCUT2D eigenvalue weighted by Crippen LogP contribution is 2.58. The molecule has 172 valence electrons. The van der Waals surface area contributed by atoms with Gasteiger partial charge in [-0.1, -0.05) is 34.1 Å². The molecule has 0 spiro atoms. The number of benzene rings is 1. The van der Waals surface area contributed by atoms with Crippen LogP contribution in [0.1, 0.15) is 88.7 Å². The van der Waals surface area contributed by atoms with E-state index in [0.29, 0.717) is 5.56 Å². The first-order valence-electron chi connectivity index (χ1n) is 11.6. The molecule has 1 aromatic rings. The lowest BCUT2D eigenvalue weighted by Crippen LogP contribution is -2.52. The highest BCUT2D eigenvalue weighted by molar-refractivity contribution is 6.74. The summed E-state index contributed by atoms with van der Waals surface area (Å²) in [6, 6.07) is 4.23. The van der Waals surface area contributed by atoms with E-state index in [2.05, 4.69) is 59.8 Å². The molecule has 3 atom stereocenters. The van der Waals surface area contributed by atoms with Crippen LogP contribution >= 0.6 is 0 Å². The molecular weight excluding hydrogens is 404 g/mol. The van der Waals surface area contributed by atoms with Crippen molar-refractivity contribution in [1.82, 2.24) is 0 Å². The molecule has 0 heterocycles. The van der Waals surface area contributed by atoms with Crippen LogP contribution in [0.2, 0.25) is 18.1 Å². The smallest absolute Gasteiger partial charge is 0.311 e. The number of rotatable bonds is 4. The summed E-state index contributed by atoms with van der Waals surface area (Å²) >= 11 is 0. The van der Waals surface area contributed by atoms with E-state index < -0.39 is 13.7 Å². The van der Waals surface area contributed by atoms with Crippen LogP contribution in [0.4, 0.5) is 0 Å². The molecule has 2 aliphatic rings. The Kier molecular flexibility index (Phi) is 6.01. The highest BCUT2D eigenvalue weighted by Gasteiger charge is 2.56. The largest absolute Gasteiger partial charge is 0.543 e. The molecule has 0 aromatic heterocycles. The summed E-state index contributed by atoms with van der Waals surface area (Å²) in [6.45, 7) is 17.1. The standard InChI is InChI=1S/C26H40O4Si/c1-17(27)19-15-18-11-12-22-25(5,13-10-14-26(22,6)23(28)29-7)20(18)16-21(19)30-31(8,9)24(2,3)4/h15-16,22H,10-14H2,1-9H3/t22-,25-,26+/m1/s1. The second-order valence-electron chi connectivity index (χ2n) is 11.7. The van der Waals surface area contributed by atoms with Crippen molar-refractivity contribution in [3.8, 4) is 5.75 Å². The Balaban J connectivity index is 2.15. The molecule has 5 heteroatoms. The highest BCUT2D eigenvalue weighted by atomic mass is 28.4. The molecule has 1 fully saturated rings. The van der Waals surface area contributed by atoms with Crippen molar-refractivity contribution < 1.29 is 18.8 Å². The quantitative estimate of drug-likeness (QED) is 0.304. The molecule has 1 aromatic carbocycles.